The van der Waals surface area contributed by atoms with E-state index in [9.17, 15) is 46.7 Å². The third kappa shape index (κ3) is 11.1. The molecule has 2 saturated heterocycles. The number of hydrogen-bond donors (Lipinski definition) is 5. The number of fused-ring (bicyclic) bond motifs is 1. The number of oxazole rings is 1. The minimum absolute atomic E-state index is 0.0215. The van der Waals surface area contributed by atoms with Crippen molar-refractivity contribution in [2.45, 2.75) is 56.8 Å². The van der Waals surface area contributed by atoms with E-state index < -0.39 is 54.2 Å². The summed E-state index contributed by atoms with van der Waals surface area (Å²) in [5.41, 5.74) is 6.61. The summed E-state index contributed by atoms with van der Waals surface area (Å²) in [6.07, 6.45) is 1.39. The van der Waals surface area contributed by atoms with Gasteiger partial charge >= 0.3 is 12.2 Å². The van der Waals surface area contributed by atoms with Crippen molar-refractivity contribution in [3.63, 3.8) is 0 Å². The molecule has 344 valence electrons. The number of urea groups is 1. The molecule has 3 aliphatic rings. The summed E-state index contributed by atoms with van der Waals surface area (Å²) in [5, 5.41) is 14.0. The van der Waals surface area contributed by atoms with Crippen molar-refractivity contribution in [3.05, 3.63) is 77.1 Å². The van der Waals surface area contributed by atoms with Gasteiger partial charge in [-0.1, -0.05) is 12.1 Å². The van der Waals surface area contributed by atoms with Crippen LogP contribution in [0.2, 0.25) is 0 Å². The number of anilines is 2. The molecule has 8 amide bonds. The first-order valence-corrected chi connectivity index (χ1v) is 20.6. The fourth-order valence-electron chi connectivity index (χ4n) is 7.56. The zero-order valence-corrected chi connectivity index (χ0v) is 34.7. The molecule has 65 heavy (non-hydrogen) atoms. The van der Waals surface area contributed by atoms with Crippen LogP contribution in [0.4, 0.5) is 29.5 Å². The molecule has 4 aromatic rings. The smallest absolute Gasteiger partial charge is 0.405 e. The fraction of sp³-hybridized carbons (Fsp3) is 0.415. The van der Waals surface area contributed by atoms with Crippen molar-refractivity contribution >= 4 is 53.0 Å². The average Bonchev–Trinajstić information content (AvgIpc) is 4.01. The van der Waals surface area contributed by atoms with Crippen LogP contribution in [0, 0.1) is 0 Å². The second-order valence-corrected chi connectivity index (χ2v) is 15.2. The van der Waals surface area contributed by atoms with Crippen LogP contribution in [0.5, 0.6) is 0 Å². The molecule has 24 heteroatoms. The van der Waals surface area contributed by atoms with Crippen molar-refractivity contribution in [2.75, 3.05) is 63.2 Å². The summed E-state index contributed by atoms with van der Waals surface area (Å²) in [4.78, 5) is 99.0. The molecule has 0 aliphatic carbocycles. The zero-order valence-electron chi connectivity index (χ0n) is 34.7. The van der Waals surface area contributed by atoms with E-state index in [1.54, 1.807) is 23.1 Å². The topological polar surface area (TPSA) is 275 Å². The van der Waals surface area contributed by atoms with Crippen molar-refractivity contribution in [2.24, 2.45) is 5.73 Å². The van der Waals surface area contributed by atoms with Gasteiger partial charge in [0.05, 0.1) is 42.7 Å². The number of nitrogens with one attached hydrogen (secondary N) is 4. The number of alkyl halides is 3. The number of pyridine rings is 1. The molecule has 3 aromatic heterocycles. The molecule has 3 aliphatic heterocycles. The van der Waals surface area contributed by atoms with E-state index in [4.69, 9.17) is 19.6 Å². The Hall–Kier alpha value is -7.21. The Labute approximate surface area is 367 Å². The monoisotopic (exact) mass is 907 g/mol. The number of hydrogen-bond acceptors (Lipinski definition) is 14. The van der Waals surface area contributed by atoms with Gasteiger partial charge < -0.3 is 40.5 Å². The van der Waals surface area contributed by atoms with Crippen molar-refractivity contribution in [3.8, 4) is 11.5 Å². The van der Waals surface area contributed by atoms with Crippen LogP contribution in [0.25, 0.3) is 11.5 Å². The van der Waals surface area contributed by atoms with Gasteiger partial charge in [0.25, 0.3) is 23.6 Å². The number of ether oxygens (including phenoxy) is 2. The maximum atomic E-state index is 13.3. The summed E-state index contributed by atoms with van der Waals surface area (Å²) in [5.74, 6) is -4.00. The predicted molar refractivity (Wildman–Crippen MR) is 219 cm³/mol. The van der Waals surface area contributed by atoms with Gasteiger partial charge in [-0.3, -0.25) is 43.7 Å². The Bertz CT molecular complexity index is 2470. The summed E-state index contributed by atoms with van der Waals surface area (Å²) in [6, 6.07) is 6.17. The lowest BCUT2D eigenvalue weighted by molar-refractivity contribution is -0.136. The number of carbonyl (C=O) groups is 7. The Balaban J connectivity index is 0.785. The number of likely N-dealkylation sites (tertiary alicyclic amines) is 1. The highest BCUT2D eigenvalue weighted by atomic mass is 19.4. The number of nitrogens with zero attached hydrogens (tertiary/aromatic N) is 6. The normalized spacial score (nSPS) is 16.7. The standard InChI is InChI=1S/C41H44F3N11O10/c42-41(43,44)22-48-30-19-24(8-11-46-30)37-50-28(21-65-37)35(58)49-27-20-54(52-33(27)34(45)57)25-9-13-53(14-10-25)40(62)47-12-16-64-18-17-63-15-2-4-23-3-1-5-26-32(23)39(61)55(38(26)60)29-6-7-31(56)51-36(29)59/h1,3,5,8,11,19-21,25,29H,2,4,6-7,9-10,12-18,22H2,(H2,45,57)(H,46,48)(H,47,62)(H,49,58)(H,51,56,59). The van der Waals surface area contributed by atoms with Gasteiger partial charge in [-0.05, 0) is 55.9 Å². The second-order valence-electron chi connectivity index (χ2n) is 15.2. The maximum Gasteiger partial charge on any atom is 0.405 e. The van der Waals surface area contributed by atoms with E-state index in [0.717, 1.165) is 11.2 Å². The number of benzene rings is 1. The van der Waals surface area contributed by atoms with Crippen LogP contribution >= 0.6 is 0 Å². The number of aryl methyl sites for hydroxylation is 1. The van der Waals surface area contributed by atoms with Crippen LogP contribution in [-0.2, 0) is 25.5 Å². The highest BCUT2D eigenvalue weighted by molar-refractivity contribution is 6.24. The Morgan fingerprint density at radius 1 is 0.985 bits per heavy atom. The molecule has 0 spiro atoms. The minimum Gasteiger partial charge on any atom is -0.444 e. The largest absolute Gasteiger partial charge is 0.444 e. The molecule has 6 N–H and O–H groups in total. The Morgan fingerprint density at radius 2 is 1.75 bits per heavy atom. The third-order valence-corrected chi connectivity index (χ3v) is 10.7. The first kappa shape index (κ1) is 45.8. The summed E-state index contributed by atoms with van der Waals surface area (Å²) < 4.78 is 56.0. The highest BCUT2D eigenvalue weighted by Crippen LogP contribution is 2.31. The Morgan fingerprint density at radius 3 is 2.49 bits per heavy atom. The van der Waals surface area contributed by atoms with Crippen LogP contribution in [0.1, 0.15) is 85.4 Å². The number of amides is 8. The summed E-state index contributed by atoms with van der Waals surface area (Å²) in [6.45, 7) is 0.853. The van der Waals surface area contributed by atoms with E-state index in [1.165, 1.54) is 29.2 Å². The number of aromatic nitrogens is 4. The van der Waals surface area contributed by atoms with Crippen LogP contribution in [0.3, 0.4) is 0 Å². The summed E-state index contributed by atoms with van der Waals surface area (Å²) >= 11 is 0. The molecular weight excluding hydrogens is 864 g/mol. The first-order valence-electron chi connectivity index (χ1n) is 20.6. The predicted octanol–water partition coefficient (Wildman–Crippen LogP) is 2.67. The molecule has 2 fully saturated rings. The Kier molecular flexibility index (Phi) is 14.2. The zero-order chi connectivity index (χ0) is 46.3. The molecule has 1 aromatic carbocycles. The van der Waals surface area contributed by atoms with Gasteiger partial charge in [0.15, 0.2) is 11.4 Å². The van der Waals surface area contributed by atoms with Gasteiger partial charge in [-0.2, -0.15) is 18.3 Å². The molecule has 21 nitrogen and oxygen atoms in total. The van der Waals surface area contributed by atoms with Gasteiger partial charge in [0, 0.05) is 50.6 Å². The first-order chi connectivity index (χ1) is 31.2. The molecule has 0 bridgehead atoms. The van der Waals surface area contributed by atoms with Crippen LogP contribution < -0.4 is 27.0 Å². The summed E-state index contributed by atoms with van der Waals surface area (Å²) in [7, 11) is 0. The van der Waals surface area contributed by atoms with E-state index in [1.807, 2.05) is 0 Å². The lowest BCUT2D eigenvalue weighted by Gasteiger charge is -2.32. The number of rotatable bonds is 18. The van der Waals surface area contributed by atoms with E-state index in [2.05, 4.69) is 36.3 Å². The van der Waals surface area contributed by atoms with Crippen molar-refractivity contribution in [1.82, 2.24) is 40.2 Å². The van der Waals surface area contributed by atoms with Crippen molar-refractivity contribution < 1.29 is 60.6 Å². The quantitative estimate of drug-likeness (QED) is 0.0710. The molecule has 1 unspecified atom stereocenters. The lowest BCUT2D eigenvalue weighted by atomic mass is 9.99. The number of piperidine rings is 2. The number of halogens is 3. The SMILES string of the molecule is NC(=O)c1nn(C2CCN(C(=O)NCCOCCOCCCc3cccc4c3C(=O)N(C3CCC(=O)NC3=O)C4=O)CC2)cc1NC(=O)c1coc(-c2ccnc(NCC(F)(F)F)c2)n1. The van der Waals surface area contributed by atoms with E-state index in [-0.39, 0.29) is 96.8 Å². The second kappa shape index (κ2) is 20.1. The lowest BCUT2D eigenvalue weighted by Crippen LogP contribution is -2.54. The molecule has 6 heterocycles. The molecule has 7 rings (SSSR count). The van der Waals surface area contributed by atoms with Gasteiger partial charge in [0.2, 0.25) is 17.7 Å². The molecular formula is C41H44F3N11O10. The highest BCUT2D eigenvalue weighted by Gasteiger charge is 2.45. The van der Waals surface area contributed by atoms with Crippen LogP contribution in [0.15, 0.2) is 53.4 Å². The van der Waals surface area contributed by atoms with Crippen LogP contribution in [-0.4, -0.2) is 136 Å². The molecule has 0 radical (unpaired) electrons. The fourth-order valence-corrected chi connectivity index (χ4v) is 7.56. The van der Waals surface area contributed by atoms with Gasteiger partial charge in [-0.15, -0.1) is 0 Å². The van der Waals surface area contributed by atoms with Gasteiger partial charge in [0.1, 0.15) is 24.7 Å². The maximum absolute atomic E-state index is 13.3. The number of carbonyl (C=O) groups excluding carboxylic acids is 7. The molecule has 1 atom stereocenters. The molecule has 0 saturated carbocycles. The number of imide groups is 2. The number of nitrogens with two attached hydrogens (primary N) is 1. The number of primary amides is 1. The average molecular weight is 908 g/mol. The minimum atomic E-state index is -4.46. The van der Waals surface area contributed by atoms with E-state index >= 15 is 0 Å². The van der Waals surface area contributed by atoms with Crippen molar-refractivity contribution in [1.29, 1.82) is 0 Å². The third-order valence-electron chi connectivity index (χ3n) is 10.7. The van der Waals surface area contributed by atoms with E-state index in [0.29, 0.717) is 50.9 Å². The van der Waals surface area contributed by atoms with Gasteiger partial charge in [-0.25, -0.2) is 14.8 Å².